The minimum atomic E-state index is -0.931. The number of amides is 3. The fourth-order valence-corrected chi connectivity index (χ4v) is 2.18. The van der Waals surface area contributed by atoms with Gasteiger partial charge in [-0.3, -0.25) is 25.2 Å². The molecule has 0 saturated carbocycles. The number of carbonyl (C=O) groups is 3. The normalized spacial score (nSPS) is 11.1. The predicted molar refractivity (Wildman–Crippen MR) is 103 cm³/mol. The Hall–Kier alpha value is -3.62. The van der Waals surface area contributed by atoms with Crippen LogP contribution < -0.4 is 25.6 Å². The lowest BCUT2D eigenvalue weighted by atomic mass is 10.2. The average Bonchev–Trinajstić information content (AvgIpc) is 2.72. The van der Waals surface area contributed by atoms with Crippen LogP contribution in [-0.2, 0) is 9.59 Å². The number of hydrogen-bond donors (Lipinski definition) is 3. The number of rotatable bonds is 8. The Kier molecular flexibility index (Phi) is 7.96. The van der Waals surface area contributed by atoms with Crippen LogP contribution >= 0.6 is 0 Å². The van der Waals surface area contributed by atoms with E-state index in [-0.39, 0.29) is 6.54 Å². The molecule has 154 valence electrons. The van der Waals surface area contributed by atoms with E-state index in [2.05, 4.69) is 16.2 Å². The molecule has 0 spiro atoms. The Labute approximate surface area is 167 Å². The third-order valence-electron chi connectivity index (χ3n) is 3.66. The molecule has 2 rings (SSSR count). The molecule has 2 aromatic rings. The van der Waals surface area contributed by atoms with Gasteiger partial charge in [0.15, 0.2) is 6.10 Å². The quantitative estimate of drug-likeness (QED) is 0.580. The van der Waals surface area contributed by atoms with Crippen LogP contribution in [0.1, 0.15) is 24.2 Å². The van der Waals surface area contributed by atoms with Crippen molar-refractivity contribution in [3.05, 3.63) is 59.9 Å². The van der Waals surface area contributed by atoms with Gasteiger partial charge in [0.2, 0.25) is 0 Å². The molecule has 3 amide bonds. The Morgan fingerprint density at radius 1 is 0.966 bits per heavy atom. The molecule has 0 saturated heterocycles. The molecule has 0 aliphatic heterocycles. The number of carbonyl (C=O) groups excluding carboxylic acids is 3. The standard InChI is InChI=1S/C20H22FN3O5/c1-3-28-16-8-4-14(5-9-16)20(27)22-12-18(25)23-24-19(26)13(2)29-17-10-6-15(21)7-11-17/h4-11,13H,3,12H2,1-2H3,(H,22,27)(H,23,25)(H,24,26)/t13-/m0/s1. The molecule has 0 heterocycles. The van der Waals surface area contributed by atoms with Crippen molar-refractivity contribution in [1.29, 1.82) is 0 Å². The summed E-state index contributed by atoms with van der Waals surface area (Å²) in [6.07, 6.45) is -0.931. The first kappa shape index (κ1) is 21.7. The van der Waals surface area contributed by atoms with Gasteiger partial charge in [0.1, 0.15) is 17.3 Å². The molecule has 0 unspecified atom stereocenters. The van der Waals surface area contributed by atoms with Crippen molar-refractivity contribution in [3.8, 4) is 11.5 Å². The number of hydrazine groups is 1. The Balaban J connectivity index is 1.72. The molecule has 0 fully saturated rings. The van der Waals surface area contributed by atoms with Crippen LogP contribution in [0.2, 0.25) is 0 Å². The largest absolute Gasteiger partial charge is 0.494 e. The van der Waals surface area contributed by atoms with Gasteiger partial charge < -0.3 is 14.8 Å². The second kappa shape index (κ2) is 10.6. The Morgan fingerprint density at radius 2 is 1.59 bits per heavy atom. The van der Waals surface area contributed by atoms with Crippen LogP contribution in [0.3, 0.4) is 0 Å². The third-order valence-corrected chi connectivity index (χ3v) is 3.66. The molecule has 0 aliphatic rings. The first-order valence-electron chi connectivity index (χ1n) is 8.91. The number of ether oxygens (including phenoxy) is 2. The van der Waals surface area contributed by atoms with Gasteiger partial charge in [-0.05, 0) is 62.4 Å². The molecule has 1 atom stereocenters. The smallest absolute Gasteiger partial charge is 0.279 e. The van der Waals surface area contributed by atoms with Gasteiger partial charge in [0, 0.05) is 5.56 Å². The molecule has 0 aromatic heterocycles. The van der Waals surface area contributed by atoms with Gasteiger partial charge in [-0.2, -0.15) is 0 Å². The van der Waals surface area contributed by atoms with Gasteiger partial charge in [-0.1, -0.05) is 0 Å². The minimum Gasteiger partial charge on any atom is -0.494 e. The van der Waals surface area contributed by atoms with Gasteiger partial charge in [-0.25, -0.2) is 4.39 Å². The highest BCUT2D eigenvalue weighted by atomic mass is 19.1. The minimum absolute atomic E-state index is 0.308. The highest BCUT2D eigenvalue weighted by Gasteiger charge is 2.16. The highest BCUT2D eigenvalue weighted by molar-refractivity contribution is 5.96. The fraction of sp³-hybridized carbons (Fsp3) is 0.250. The van der Waals surface area contributed by atoms with E-state index in [0.717, 1.165) is 0 Å². The van der Waals surface area contributed by atoms with Gasteiger partial charge >= 0.3 is 0 Å². The lowest BCUT2D eigenvalue weighted by molar-refractivity contribution is -0.132. The average molecular weight is 403 g/mol. The summed E-state index contributed by atoms with van der Waals surface area (Å²) >= 11 is 0. The lowest BCUT2D eigenvalue weighted by Gasteiger charge is -2.15. The van der Waals surface area contributed by atoms with Gasteiger partial charge in [0.25, 0.3) is 17.7 Å². The maximum atomic E-state index is 12.9. The molecule has 0 aliphatic carbocycles. The zero-order valence-electron chi connectivity index (χ0n) is 16.0. The zero-order valence-corrected chi connectivity index (χ0v) is 16.0. The van der Waals surface area contributed by atoms with Crippen LogP contribution in [-0.4, -0.2) is 37.0 Å². The molecule has 29 heavy (non-hydrogen) atoms. The van der Waals surface area contributed by atoms with E-state index in [0.29, 0.717) is 23.7 Å². The summed E-state index contributed by atoms with van der Waals surface area (Å²) < 4.78 is 23.5. The molecular weight excluding hydrogens is 381 g/mol. The molecule has 8 nitrogen and oxygen atoms in total. The summed E-state index contributed by atoms with van der Waals surface area (Å²) in [5.41, 5.74) is 4.74. The van der Waals surface area contributed by atoms with E-state index in [4.69, 9.17) is 9.47 Å². The first-order chi connectivity index (χ1) is 13.9. The Bertz CT molecular complexity index is 840. The number of halogens is 1. The maximum Gasteiger partial charge on any atom is 0.279 e. The summed E-state index contributed by atoms with van der Waals surface area (Å²) in [6, 6.07) is 11.6. The monoisotopic (exact) mass is 403 g/mol. The second-order valence-corrected chi connectivity index (χ2v) is 5.89. The number of benzene rings is 2. The first-order valence-corrected chi connectivity index (χ1v) is 8.91. The molecule has 2 aromatic carbocycles. The summed E-state index contributed by atoms with van der Waals surface area (Å²) in [5, 5.41) is 2.44. The molecule has 0 bridgehead atoms. The zero-order chi connectivity index (χ0) is 21.2. The van der Waals surface area contributed by atoms with Crippen LogP contribution in [0.25, 0.3) is 0 Å². The van der Waals surface area contributed by atoms with E-state index in [1.165, 1.54) is 31.2 Å². The fourth-order valence-electron chi connectivity index (χ4n) is 2.18. The third kappa shape index (κ3) is 7.13. The van der Waals surface area contributed by atoms with Gasteiger partial charge in [-0.15, -0.1) is 0 Å². The number of hydrogen-bond acceptors (Lipinski definition) is 5. The summed E-state index contributed by atoms with van der Waals surface area (Å²) in [5.74, 6) is -1.15. The Morgan fingerprint density at radius 3 is 2.21 bits per heavy atom. The summed E-state index contributed by atoms with van der Waals surface area (Å²) in [6.45, 7) is 3.51. The van der Waals surface area contributed by atoms with E-state index >= 15 is 0 Å². The summed E-state index contributed by atoms with van der Waals surface area (Å²) in [7, 11) is 0. The molecule has 3 N–H and O–H groups in total. The van der Waals surface area contributed by atoms with Crippen molar-refractivity contribution >= 4 is 17.7 Å². The van der Waals surface area contributed by atoms with Crippen molar-refractivity contribution in [2.75, 3.05) is 13.2 Å². The molecule has 0 radical (unpaired) electrons. The van der Waals surface area contributed by atoms with Gasteiger partial charge in [0.05, 0.1) is 13.2 Å². The van der Waals surface area contributed by atoms with E-state index in [1.807, 2.05) is 6.92 Å². The lowest BCUT2D eigenvalue weighted by Crippen LogP contribution is -2.50. The van der Waals surface area contributed by atoms with Crippen molar-refractivity contribution < 1.29 is 28.2 Å². The van der Waals surface area contributed by atoms with Crippen LogP contribution in [0.5, 0.6) is 11.5 Å². The van der Waals surface area contributed by atoms with Crippen molar-refractivity contribution in [1.82, 2.24) is 16.2 Å². The molecular formula is C20H22FN3O5. The number of nitrogens with one attached hydrogen (secondary N) is 3. The van der Waals surface area contributed by atoms with Crippen molar-refractivity contribution in [2.45, 2.75) is 20.0 Å². The van der Waals surface area contributed by atoms with Crippen LogP contribution in [0.4, 0.5) is 4.39 Å². The second-order valence-electron chi connectivity index (χ2n) is 5.89. The highest BCUT2D eigenvalue weighted by Crippen LogP contribution is 2.13. The van der Waals surface area contributed by atoms with Crippen LogP contribution in [0.15, 0.2) is 48.5 Å². The SMILES string of the molecule is CCOc1ccc(C(=O)NCC(=O)NNC(=O)[C@H](C)Oc2ccc(F)cc2)cc1. The molecule has 9 heteroatoms. The predicted octanol–water partition coefficient (Wildman–Crippen LogP) is 1.57. The van der Waals surface area contributed by atoms with Crippen molar-refractivity contribution in [3.63, 3.8) is 0 Å². The van der Waals surface area contributed by atoms with E-state index in [9.17, 15) is 18.8 Å². The van der Waals surface area contributed by atoms with Crippen LogP contribution in [0, 0.1) is 5.82 Å². The van der Waals surface area contributed by atoms with E-state index < -0.39 is 29.6 Å². The topological polar surface area (TPSA) is 106 Å². The van der Waals surface area contributed by atoms with Crippen molar-refractivity contribution in [2.24, 2.45) is 0 Å². The van der Waals surface area contributed by atoms with E-state index in [1.54, 1.807) is 24.3 Å². The summed E-state index contributed by atoms with van der Waals surface area (Å²) in [4.78, 5) is 35.8. The maximum absolute atomic E-state index is 12.9.